The van der Waals surface area contributed by atoms with E-state index >= 15 is 0 Å². The molecule has 0 rings (SSSR count). The second-order valence-corrected chi connectivity index (χ2v) is 8.14. The molecule has 166 valence electrons. The van der Waals surface area contributed by atoms with Crippen LogP contribution < -0.4 is 0 Å². The van der Waals surface area contributed by atoms with Crippen molar-refractivity contribution in [1.29, 1.82) is 0 Å². The van der Waals surface area contributed by atoms with Gasteiger partial charge >= 0.3 is 5.97 Å². The highest BCUT2D eigenvalue weighted by molar-refractivity contribution is 5.79. The van der Waals surface area contributed by atoms with E-state index in [4.69, 9.17) is 10.2 Å². The fourth-order valence-electron chi connectivity index (χ4n) is 3.58. The van der Waals surface area contributed by atoms with E-state index < -0.39 is 12.1 Å². The molecule has 0 bridgehead atoms. The van der Waals surface area contributed by atoms with Crippen LogP contribution in [-0.2, 0) is 4.79 Å². The Hall–Kier alpha value is -0.870. The van der Waals surface area contributed by atoms with E-state index in [1.54, 1.807) is 0 Å². The smallest absolute Gasteiger partial charge is 0.328 e. The molecule has 0 saturated heterocycles. The average molecular weight is 399 g/mol. The van der Waals surface area contributed by atoms with Crippen LogP contribution >= 0.6 is 0 Å². The third-order valence-electron chi connectivity index (χ3n) is 5.37. The number of aliphatic hydroxyl groups is 2. The lowest BCUT2D eigenvalue weighted by Crippen LogP contribution is -2.03. The summed E-state index contributed by atoms with van der Waals surface area (Å²) in [6.45, 7) is 0.348. The van der Waals surface area contributed by atoms with E-state index in [1.165, 1.54) is 102 Å². The molecule has 0 aromatic carbocycles. The number of carbonyl (C=O) groups is 1. The zero-order chi connectivity index (χ0) is 20.7. The summed E-state index contributed by atoms with van der Waals surface area (Å²) in [5, 5.41) is 26.8. The van der Waals surface area contributed by atoms with Crippen molar-refractivity contribution in [2.24, 2.45) is 0 Å². The van der Waals surface area contributed by atoms with Crippen LogP contribution in [0.1, 0.15) is 122 Å². The van der Waals surface area contributed by atoms with Gasteiger partial charge < -0.3 is 15.3 Å². The van der Waals surface area contributed by atoms with Gasteiger partial charge in [0.2, 0.25) is 0 Å². The molecule has 0 saturated carbocycles. The van der Waals surface area contributed by atoms with Crippen LogP contribution in [0.5, 0.6) is 0 Å². The van der Waals surface area contributed by atoms with E-state index in [0.29, 0.717) is 13.0 Å². The zero-order valence-electron chi connectivity index (χ0n) is 18.1. The first-order valence-corrected chi connectivity index (χ1v) is 11.9. The first-order chi connectivity index (χ1) is 13.7. The molecule has 1 atom stereocenters. The molecule has 0 heterocycles. The van der Waals surface area contributed by atoms with Crippen LogP contribution in [0.4, 0.5) is 0 Å². The Morgan fingerprint density at radius 1 is 0.607 bits per heavy atom. The molecule has 0 aromatic heterocycles. The maximum absolute atomic E-state index is 10.4. The molecule has 4 heteroatoms. The Balaban J connectivity index is 3.11. The summed E-state index contributed by atoms with van der Waals surface area (Å²) in [7, 11) is 0. The van der Waals surface area contributed by atoms with Gasteiger partial charge in [0.15, 0.2) is 0 Å². The third-order valence-corrected chi connectivity index (χ3v) is 5.37. The van der Waals surface area contributed by atoms with Gasteiger partial charge in [-0.1, -0.05) is 109 Å². The van der Waals surface area contributed by atoms with Crippen LogP contribution in [0.2, 0.25) is 0 Å². The molecule has 0 amide bonds. The molecule has 3 N–H and O–H groups in total. The molecule has 1 unspecified atom stereocenters. The highest BCUT2D eigenvalue weighted by Gasteiger charge is 2.00. The molecule has 0 radical (unpaired) electrons. The van der Waals surface area contributed by atoms with Crippen molar-refractivity contribution in [3.63, 3.8) is 0 Å². The van der Waals surface area contributed by atoms with Gasteiger partial charge in [-0.25, -0.2) is 4.79 Å². The van der Waals surface area contributed by atoms with Crippen LogP contribution in [0, 0.1) is 0 Å². The number of carboxylic acid groups (broad SMARTS) is 1. The molecule has 0 aliphatic rings. The van der Waals surface area contributed by atoms with Crippen molar-refractivity contribution in [1.82, 2.24) is 0 Å². The number of hydrogen-bond donors (Lipinski definition) is 3. The van der Waals surface area contributed by atoms with Crippen molar-refractivity contribution in [3.8, 4) is 0 Å². The second kappa shape index (κ2) is 22.4. The summed E-state index contributed by atoms with van der Waals surface area (Å²) in [4.78, 5) is 10.4. The van der Waals surface area contributed by atoms with E-state index in [9.17, 15) is 9.90 Å². The number of aliphatic carboxylic acids is 1. The Morgan fingerprint density at radius 3 is 1.25 bits per heavy atom. The number of carboxylic acids is 1. The van der Waals surface area contributed by atoms with Crippen molar-refractivity contribution < 1.29 is 20.1 Å². The van der Waals surface area contributed by atoms with Crippen molar-refractivity contribution >= 4 is 5.97 Å². The van der Waals surface area contributed by atoms with Gasteiger partial charge in [-0.05, 0) is 18.9 Å². The fourth-order valence-corrected chi connectivity index (χ4v) is 3.58. The van der Waals surface area contributed by atoms with Gasteiger partial charge in [0.05, 0.1) is 6.10 Å². The molecule has 0 aliphatic heterocycles. The Kier molecular flexibility index (Phi) is 21.7. The van der Waals surface area contributed by atoms with Crippen LogP contribution in [0.3, 0.4) is 0 Å². The number of hydrogen-bond acceptors (Lipinski definition) is 3. The predicted octanol–water partition coefficient (Wildman–Crippen LogP) is 6.39. The molecule has 0 aromatic rings. The summed E-state index contributed by atoms with van der Waals surface area (Å²) in [5.74, 6) is -1.000. The minimum atomic E-state index is -1.000. The van der Waals surface area contributed by atoms with Crippen LogP contribution in [0.15, 0.2) is 12.2 Å². The van der Waals surface area contributed by atoms with Crippen LogP contribution in [-0.4, -0.2) is 34.0 Å². The molecular weight excluding hydrogens is 352 g/mol. The van der Waals surface area contributed by atoms with Gasteiger partial charge in [-0.15, -0.1) is 0 Å². The standard InChI is InChI=1S/C24H46O4/c25-22-18-16-14-12-10-8-6-4-2-1-3-5-7-9-11-13-15-17-19-23(26)20-21-24(27)28/h20-21,23,25-26H,1-19,22H2,(H,27,28). The molecule has 4 nitrogen and oxygen atoms in total. The summed E-state index contributed by atoms with van der Waals surface area (Å²) >= 11 is 0. The molecule has 28 heavy (non-hydrogen) atoms. The Morgan fingerprint density at radius 2 is 0.929 bits per heavy atom. The Labute approximate surface area is 173 Å². The van der Waals surface area contributed by atoms with Gasteiger partial charge in [0, 0.05) is 12.7 Å². The first-order valence-electron chi connectivity index (χ1n) is 11.9. The topological polar surface area (TPSA) is 77.8 Å². The summed E-state index contributed by atoms with van der Waals surface area (Å²) < 4.78 is 0. The third kappa shape index (κ3) is 23.2. The average Bonchev–Trinajstić information content (AvgIpc) is 2.68. The highest BCUT2D eigenvalue weighted by atomic mass is 16.4. The molecular formula is C24H46O4. The normalized spacial score (nSPS) is 12.6. The lowest BCUT2D eigenvalue weighted by molar-refractivity contribution is -0.131. The van der Waals surface area contributed by atoms with E-state index in [-0.39, 0.29) is 0 Å². The van der Waals surface area contributed by atoms with E-state index in [1.807, 2.05) is 0 Å². The van der Waals surface area contributed by atoms with Crippen molar-refractivity contribution in [2.75, 3.05) is 6.61 Å². The minimum absolute atomic E-state index is 0.348. The van der Waals surface area contributed by atoms with Crippen molar-refractivity contribution in [3.05, 3.63) is 12.2 Å². The van der Waals surface area contributed by atoms with Gasteiger partial charge in [-0.3, -0.25) is 0 Å². The summed E-state index contributed by atoms with van der Waals surface area (Å²) in [6.07, 6.45) is 25.5. The predicted molar refractivity (Wildman–Crippen MR) is 118 cm³/mol. The van der Waals surface area contributed by atoms with Gasteiger partial charge in [0.25, 0.3) is 0 Å². The lowest BCUT2D eigenvalue weighted by atomic mass is 10.0. The van der Waals surface area contributed by atoms with Crippen LogP contribution in [0.25, 0.3) is 0 Å². The quantitative estimate of drug-likeness (QED) is 0.146. The lowest BCUT2D eigenvalue weighted by Gasteiger charge is -2.05. The maximum atomic E-state index is 10.4. The molecule has 0 fully saturated rings. The number of unbranched alkanes of at least 4 members (excludes halogenated alkanes) is 17. The summed E-state index contributed by atoms with van der Waals surface area (Å²) in [6, 6.07) is 0. The van der Waals surface area contributed by atoms with E-state index in [2.05, 4.69) is 0 Å². The highest BCUT2D eigenvalue weighted by Crippen LogP contribution is 2.14. The minimum Gasteiger partial charge on any atom is -0.478 e. The first kappa shape index (κ1) is 27.1. The zero-order valence-corrected chi connectivity index (χ0v) is 18.1. The number of aliphatic hydroxyl groups excluding tert-OH is 2. The second-order valence-electron chi connectivity index (χ2n) is 8.14. The summed E-state index contributed by atoms with van der Waals surface area (Å²) in [5.41, 5.74) is 0. The molecule has 0 aliphatic carbocycles. The van der Waals surface area contributed by atoms with Crippen molar-refractivity contribution in [2.45, 2.75) is 128 Å². The van der Waals surface area contributed by atoms with Gasteiger partial charge in [0.1, 0.15) is 0 Å². The maximum Gasteiger partial charge on any atom is 0.328 e. The van der Waals surface area contributed by atoms with Gasteiger partial charge in [-0.2, -0.15) is 0 Å². The largest absolute Gasteiger partial charge is 0.478 e. The Bertz CT molecular complexity index is 355. The SMILES string of the molecule is O=C(O)C=CC(O)CCCCCCCCCCCCCCCCCCCCO. The van der Waals surface area contributed by atoms with E-state index in [0.717, 1.165) is 25.3 Å². The molecule has 0 spiro atoms. The monoisotopic (exact) mass is 398 g/mol. The fraction of sp³-hybridized carbons (Fsp3) is 0.875. The number of rotatable bonds is 22.